The molecule has 2 aromatic heterocycles. The third kappa shape index (κ3) is 6.24. The predicted molar refractivity (Wildman–Crippen MR) is 264 cm³/mol. The second-order valence-electron chi connectivity index (χ2n) is 17.3. The molecule has 12 rings (SSSR count). The lowest BCUT2D eigenvalue weighted by molar-refractivity contribution is 0.438. The van der Waals surface area contributed by atoms with Gasteiger partial charge in [-0.05, 0) is 112 Å². The minimum absolute atomic E-state index is 0.624. The number of aryl methyl sites for hydroxylation is 3. The molecule has 0 amide bonds. The maximum Gasteiger partial charge on any atom is 0.160 e. The molecule has 4 nitrogen and oxygen atoms in total. The van der Waals surface area contributed by atoms with E-state index in [1.807, 2.05) is 13.1 Å². The number of ether oxygens (including phenoxy) is 1. The van der Waals surface area contributed by atoms with Crippen molar-refractivity contribution in [3.63, 3.8) is 0 Å². The van der Waals surface area contributed by atoms with Crippen molar-refractivity contribution < 1.29 is 4.74 Å². The Morgan fingerprint density at radius 3 is 1.82 bits per heavy atom. The van der Waals surface area contributed by atoms with Crippen LogP contribution < -0.4 is 4.74 Å². The van der Waals surface area contributed by atoms with Crippen LogP contribution in [0.4, 0.5) is 0 Å². The molecule has 65 heavy (non-hydrogen) atoms. The Labute approximate surface area is 379 Å². The fourth-order valence-electron chi connectivity index (χ4n) is 10.4. The molecular weight excluding hydrogens is 791 g/mol. The maximum atomic E-state index is 7.06. The number of rotatable bonds is 6. The Morgan fingerprint density at radius 2 is 0.985 bits per heavy atom. The van der Waals surface area contributed by atoms with Crippen molar-refractivity contribution in [1.82, 2.24) is 15.0 Å². The van der Waals surface area contributed by atoms with E-state index in [1.54, 1.807) is 0 Å². The van der Waals surface area contributed by atoms with Gasteiger partial charge in [0.05, 0.1) is 11.1 Å². The van der Waals surface area contributed by atoms with E-state index in [4.69, 9.17) is 14.7 Å². The first kappa shape index (κ1) is 38.5. The van der Waals surface area contributed by atoms with E-state index < -0.39 is 5.41 Å². The molecule has 3 heterocycles. The molecular formula is C61H43N3O. The van der Waals surface area contributed by atoms with Crippen molar-refractivity contribution in [2.75, 3.05) is 0 Å². The van der Waals surface area contributed by atoms with E-state index >= 15 is 0 Å². The van der Waals surface area contributed by atoms with Crippen LogP contribution in [0.1, 0.15) is 39.2 Å². The zero-order valence-electron chi connectivity index (χ0n) is 36.4. The van der Waals surface area contributed by atoms with Gasteiger partial charge in [0.25, 0.3) is 0 Å². The molecule has 2 aliphatic rings. The van der Waals surface area contributed by atoms with Gasteiger partial charge in [0.15, 0.2) is 5.82 Å². The smallest absolute Gasteiger partial charge is 0.160 e. The van der Waals surface area contributed by atoms with Crippen LogP contribution in [0, 0.1) is 20.8 Å². The lowest BCUT2D eigenvalue weighted by Gasteiger charge is -2.40. The summed E-state index contributed by atoms with van der Waals surface area (Å²) in [6.07, 6.45) is 1.98. The monoisotopic (exact) mass is 833 g/mol. The summed E-state index contributed by atoms with van der Waals surface area (Å²) >= 11 is 0. The summed E-state index contributed by atoms with van der Waals surface area (Å²) in [5.41, 5.74) is 21.7. The molecule has 0 radical (unpaired) electrons. The van der Waals surface area contributed by atoms with Gasteiger partial charge in [-0.1, -0.05) is 170 Å². The van der Waals surface area contributed by atoms with Crippen molar-refractivity contribution in [3.8, 4) is 89.8 Å². The largest absolute Gasteiger partial charge is 0.456 e. The summed E-state index contributed by atoms with van der Waals surface area (Å²) in [6.45, 7) is 6.25. The number of pyridine rings is 1. The molecule has 1 spiro atoms. The van der Waals surface area contributed by atoms with Crippen LogP contribution in [-0.2, 0) is 5.41 Å². The third-order valence-electron chi connectivity index (χ3n) is 13.3. The molecule has 0 bridgehead atoms. The standard InChI is InChI=1S/C61H43N3O/c1-38-33-39(2)62-37-52(38)45-18-13-17-44(35-45)41-27-29-43(30-28-41)48-22-14-25-56-59(48)65-58-26-12-11-24-55(58)61(56)53-23-10-9-20-49(53)51-36-46(31-32-54(51)61)60-63-40(3)34-57(64-60)50-21-8-7-19-47(50)42-15-5-4-6-16-42/h4-37H,1-3H3. The van der Waals surface area contributed by atoms with Crippen LogP contribution in [0.2, 0.25) is 0 Å². The zero-order valence-corrected chi connectivity index (χ0v) is 36.4. The van der Waals surface area contributed by atoms with Crippen LogP contribution in [0.3, 0.4) is 0 Å². The van der Waals surface area contributed by atoms with Crippen LogP contribution in [0.25, 0.3) is 78.3 Å². The van der Waals surface area contributed by atoms with Crippen molar-refractivity contribution >= 4 is 0 Å². The highest BCUT2D eigenvalue weighted by Gasteiger charge is 2.51. The highest BCUT2D eigenvalue weighted by atomic mass is 16.5. The lowest BCUT2D eigenvalue weighted by atomic mass is 9.65. The first-order valence-electron chi connectivity index (χ1n) is 22.2. The Hall–Kier alpha value is -8.21. The number of nitrogens with zero attached hydrogens (tertiary/aromatic N) is 3. The van der Waals surface area contributed by atoms with Crippen LogP contribution >= 0.6 is 0 Å². The van der Waals surface area contributed by atoms with Crippen LogP contribution in [0.15, 0.2) is 206 Å². The van der Waals surface area contributed by atoms with Crippen molar-refractivity contribution in [2.24, 2.45) is 0 Å². The summed E-state index contributed by atoms with van der Waals surface area (Å²) in [7, 11) is 0. The summed E-state index contributed by atoms with van der Waals surface area (Å²) in [5, 5.41) is 0. The van der Waals surface area contributed by atoms with E-state index in [-0.39, 0.29) is 0 Å². The quantitative estimate of drug-likeness (QED) is 0.167. The van der Waals surface area contributed by atoms with E-state index in [0.29, 0.717) is 5.82 Å². The molecule has 308 valence electrons. The molecule has 0 fully saturated rings. The molecule has 0 saturated carbocycles. The normalized spacial score (nSPS) is 14.3. The fraction of sp³-hybridized carbons (Fsp3) is 0.0656. The summed E-state index contributed by atoms with van der Waals surface area (Å²) < 4.78 is 7.06. The average Bonchev–Trinajstić information content (AvgIpc) is 3.64. The Balaban J connectivity index is 0.976. The Morgan fingerprint density at radius 1 is 0.369 bits per heavy atom. The fourth-order valence-corrected chi connectivity index (χ4v) is 10.4. The molecule has 0 saturated heterocycles. The second-order valence-corrected chi connectivity index (χ2v) is 17.3. The van der Waals surface area contributed by atoms with Crippen LogP contribution in [-0.4, -0.2) is 15.0 Å². The van der Waals surface area contributed by atoms with Crippen LogP contribution in [0.5, 0.6) is 11.5 Å². The number of hydrogen-bond acceptors (Lipinski definition) is 4. The van der Waals surface area contributed by atoms with Crippen molar-refractivity contribution in [2.45, 2.75) is 26.2 Å². The Bertz CT molecular complexity index is 3500. The average molecular weight is 834 g/mol. The molecule has 10 aromatic rings. The minimum atomic E-state index is -0.624. The van der Waals surface area contributed by atoms with Gasteiger partial charge in [0, 0.05) is 51.0 Å². The van der Waals surface area contributed by atoms with Gasteiger partial charge >= 0.3 is 0 Å². The minimum Gasteiger partial charge on any atom is -0.456 e. The van der Waals surface area contributed by atoms with Crippen molar-refractivity contribution in [1.29, 1.82) is 0 Å². The van der Waals surface area contributed by atoms with E-state index in [1.165, 1.54) is 27.8 Å². The topological polar surface area (TPSA) is 47.9 Å². The second kappa shape index (κ2) is 15.3. The highest BCUT2D eigenvalue weighted by Crippen LogP contribution is 2.63. The third-order valence-corrected chi connectivity index (χ3v) is 13.3. The van der Waals surface area contributed by atoms with E-state index in [0.717, 1.165) is 95.3 Å². The van der Waals surface area contributed by atoms with Gasteiger partial charge in [0.1, 0.15) is 11.5 Å². The molecule has 1 atom stereocenters. The molecule has 1 aliphatic carbocycles. The molecule has 1 aliphatic heterocycles. The number of fused-ring (bicyclic) bond motifs is 9. The van der Waals surface area contributed by atoms with Gasteiger partial charge in [-0.25, -0.2) is 9.97 Å². The van der Waals surface area contributed by atoms with Gasteiger partial charge in [-0.2, -0.15) is 0 Å². The molecule has 1 unspecified atom stereocenters. The number of para-hydroxylation sites is 2. The zero-order chi connectivity index (χ0) is 43.6. The maximum absolute atomic E-state index is 7.06. The SMILES string of the molecule is Cc1cc(C)c(-c2cccc(-c3ccc(-c4cccc5c4Oc4ccccc4C54c5ccccc5-c5cc(-c6nc(C)cc(-c7ccccc7-c7ccccc7)n6)ccc54)cc3)c2)cn1. The van der Waals surface area contributed by atoms with Crippen molar-refractivity contribution in [3.05, 3.63) is 246 Å². The molecule has 0 N–H and O–H groups in total. The summed E-state index contributed by atoms with van der Waals surface area (Å²) in [5.74, 6) is 2.44. The molecule has 4 heteroatoms. The predicted octanol–water partition coefficient (Wildman–Crippen LogP) is 15.3. The van der Waals surface area contributed by atoms with Gasteiger partial charge in [0.2, 0.25) is 0 Å². The lowest BCUT2D eigenvalue weighted by Crippen LogP contribution is -2.32. The summed E-state index contributed by atoms with van der Waals surface area (Å²) in [6, 6.07) is 71.8. The van der Waals surface area contributed by atoms with Gasteiger partial charge in [-0.15, -0.1) is 0 Å². The highest BCUT2D eigenvalue weighted by molar-refractivity contribution is 5.92. The number of hydrogen-bond donors (Lipinski definition) is 0. The van der Waals surface area contributed by atoms with Gasteiger partial charge < -0.3 is 4.74 Å². The number of benzene rings is 8. The molecule has 8 aromatic carbocycles. The first-order chi connectivity index (χ1) is 31.9. The van der Waals surface area contributed by atoms with Gasteiger partial charge in [-0.3, -0.25) is 4.98 Å². The Kier molecular flexibility index (Phi) is 9.03. The van der Waals surface area contributed by atoms with E-state index in [9.17, 15) is 0 Å². The number of aromatic nitrogens is 3. The van der Waals surface area contributed by atoms with E-state index in [2.05, 4.69) is 219 Å². The first-order valence-corrected chi connectivity index (χ1v) is 22.2. The summed E-state index contributed by atoms with van der Waals surface area (Å²) in [4.78, 5) is 14.9.